The topological polar surface area (TPSA) is 81.0 Å². The van der Waals surface area contributed by atoms with E-state index in [4.69, 9.17) is 20.1 Å². The zero-order chi connectivity index (χ0) is 12.3. The SMILES string of the molecule is Cc1cc2cc(OCCC(N)=NO)ccc2o1.Cl. The van der Waals surface area contributed by atoms with Crippen molar-refractivity contribution in [2.24, 2.45) is 10.9 Å². The van der Waals surface area contributed by atoms with Gasteiger partial charge in [-0.15, -0.1) is 12.4 Å². The van der Waals surface area contributed by atoms with Crippen molar-refractivity contribution in [3.63, 3.8) is 0 Å². The van der Waals surface area contributed by atoms with Gasteiger partial charge in [0.1, 0.15) is 22.9 Å². The van der Waals surface area contributed by atoms with E-state index in [9.17, 15) is 0 Å². The Morgan fingerprint density at radius 2 is 2.22 bits per heavy atom. The molecule has 0 aliphatic carbocycles. The average Bonchev–Trinajstić information content (AvgIpc) is 2.68. The summed E-state index contributed by atoms with van der Waals surface area (Å²) in [7, 11) is 0. The molecule has 1 heterocycles. The van der Waals surface area contributed by atoms with Crippen molar-refractivity contribution in [1.82, 2.24) is 0 Å². The summed E-state index contributed by atoms with van der Waals surface area (Å²) in [6.07, 6.45) is 0.388. The summed E-state index contributed by atoms with van der Waals surface area (Å²) in [6, 6.07) is 7.54. The van der Waals surface area contributed by atoms with E-state index in [-0.39, 0.29) is 18.2 Å². The molecule has 2 rings (SSSR count). The van der Waals surface area contributed by atoms with Crippen LogP contribution in [-0.2, 0) is 0 Å². The van der Waals surface area contributed by atoms with Crippen molar-refractivity contribution in [1.29, 1.82) is 0 Å². The number of nitrogens with two attached hydrogens (primary N) is 1. The van der Waals surface area contributed by atoms with E-state index in [0.29, 0.717) is 13.0 Å². The fourth-order valence-corrected chi connectivity index (χ4v) is 1.57. The number of amidine groups is 1. The molecule has 0 atom stereocenters. The number of ether oxygens (including phenoxy) is 1. The van der Waals surface area contributed by atoms with Gasteiger partial charge in [-0.2, -0.15) is 0 Å². The van der Waals surface area contributed by atoms with Gasteiger partial charge in [0.25, 0.3) is 0 Å². The lowest BCUT2D eigenvalue weighted by molar-refractivity contribution is 0.306. The minimum atomic E-state index is 0. The smallest absolute Gasteiger partial charge is 0.142 e. The zero-order valence-corrected chi connectivity index (χ0v) is 10.7. The van der Waals surface area contributed by atoms with Crippen LogP contribution in [0.1, 0.15) is 12.2 Å². The lowest BCUT2D eigenvalue weighted by atomic mass is 10.2. The van der Waals surface area contributed by atoms with Gasteiger partial charge in [-0.1, -0.05) is 5.16 Å². The first-order valence-electron chi connectivity index (χ1n) is 5.28. The van der Waals surface area contributed by atoms with Gasteiger partial charge in [-0.3, -0.25) is 0 Å². The second kappa shape index (κ2) is 6.16. The highest BCUT2D eigenvalue weighted by Crippen LogP contribution is 2.23. The first-order chi connectivity index (χ1) is 8.19. The molecular weight excluding hydrogens is 256 g/mol. The molecule has 0 spiro atoms. The number of fused-ring (bicyclic) bond motifs is 1. The maximum absolute atomic E-state index is 8.37. The summed E-state index contributed by atoms with van der Waals surface area (Å²) in [5, 5.41) is 12.2. The molecule has 0 saturated heterocycles. The van der Waals surface area contributed by atoms with Gasteiger partial charge in [0.2, 0.25) is 0 Å². The molecule has 0 radical (unpaired) electrons. The number of nitrogens with zero attached hydrogens (tertiary/aromatic N) is 1. The lowest BCUT2D eigenvalue weighted by Gasteiger charge is -2.04. The molecule has 5 nitrogen and oxygen atoms in total. The highest BCUT2D eigenvalue weighted by molar-refractivity contribution is 5.85. The molecule has 1 aromatic heterocycles. The lowest BCUT2D eigenvalue weighted by Crippen LogP contribution is -2.15. The Balaban J connectivity index is 0.00000162. The number of hydrogen-bond donors (Lipinski definition) is 2. The first kappa shape index (κ1) is 14.2. The molecule has 6 heteroatoms. The number of halogens is 1. The number of oxime groups is 1. The predicted molar refractivity (Wildman–Crippen MR) is 71.7 cm³/mol. The molecule has 0 saturated carbocycles. The van der Waals surface area contributed by atoms with Crippen molar-refractivity contribution in [3.05, 3.63) is 30.0 Å². The van der Waals surface area contributed by atoms with Crippen molar-refractivity contribution in [2.45, 2.75) is 13.3 Å². The number of benzene rings is 1. The molecule has 1 aromatic carbocycles. The molecule has 2 aromatic rings. The Morgan fingerprint density at radius 1 is 1.44 bits per heavy atom. The molecule has 0 aliphatic heterocycles. The minimum Gasteiger partial charge on any atom is -0.493 e. The number of hydrogen-bond acceptors (Lipinski definition) is 4. The maximum Gasteiger partial charge on any atom is 0.142 e. The van der Waals surface area contributed by atoms with Crippen LogP contribution in [-0.4, -0.2) is 17.6 Å². The monoisotopic (exact) mass is 270 g/mol. The summed E-state index contributed by atoms with van der Waals surface area (Å²) >= 11 is 0. The summed E-state index contributed by atoms with van der Waals surface area (Å²) in [6.45, 7) is 2.27. The van der Waals surface area contributed by atoms with Crippen LogP contribution in [0.5, 0.6) is 5.75 Å². The van der Waals surface area contributed by atoms with Crippen LogP contribution in [0.25, 0.3) is 11.0 Å². The molecule has 0 unspecified atom stereocenters. The molecule has 3 N–H and O–H groups in total. The van der Waals surface area contributed by atoms with E-state index in [1.54, 1.807) is 0 Å². The van der Waals surface area contributed by atoms with Crippen LogP contribution >= 0.6 is 12.4 Å². The number of furan rings is 1. The second-order valence-electron chi connectivity index (χ2n) is 3.75. The fourth-order valence-electron chi connectivity index (χ4n) is 1.57. The Hall–Kier alpha value is -1.88. The van der Waals surface area contributed by atoms with E-state index in [0.717, 1.165) is 22.5 Å². The largest absolute Gasteiger partial charge is 0.493 e. The van der Waals surface area contributed by atoms with E-state index < -0.39 is 0 Å². The quantitative estimate of drug-likeness (QED) is 0.387. The highest BCUT2D eigenvalue weighted by Gasteiger charge is 2.02. The Morgan fingerprint density at radius 3 is 2.94 bits per heavy atom. The van der Waals surface area contributed by atoms with Crippen LogP contribution in [0.3, 0.4) is 0 Å². The van der Waals surface area contributed by atoms with Crippen molar-refractivity contribution >= 4 is 29.2 Å². The Kier molecular flexibility index (Phi) is 4.85. The Bertz CT molecular complexity index is 551. The average molecular weight is 271 g/mol. The van der Waals surface area contributed by atoms with Gasteiger partial charge < -0.3 is 20.1 Å². The molecule has 0 fully saturated rings. The summed E-state index contributed by atoms with van der Waals surface area (Å²) in [5.41, 5.74) is 6.18. The minimum absolute atomic E-state index is 0. The van der Waals surface area contributed by atoms with Crippen LogP contribution in [0, 0.1) is 6.92 Å². The van der Waals surface area contributed by atoms with Crippen molar-refractivity contribution in [2.75, 3.05) is 6.61 Å². The molecule has 0 aliphatic rings. The van der Waals surface area contributed by atoms with Gasteiger partial charge in [-0.25, -0.2) is 0 Å². The van der Waals surface area contributed by atoms with Gasteiger partial charge in [-0.05, 0) is 31.2 Å². The number of aryl methyl sites for hydroxylation is 1. The third-order valence-electron chi connectivity index (χ3n) is 2.37. The zero-order valence-electron chi connectivity index (χ0n) is 9.92. The van der Waals surface area contributed by atoms with Gasteiger partial charge >= 0.3 is 0 Å². The van der Waals surface area contributed by atoms with Crippen molar-refractivity contribution < 1.29 is 14.4 Å². The Labute approximate surface area is 111 Å². The van der Waals surface area contributed by atoms with E-state index in [1.165, 1.54) is 0 Å². The highest BCUT2D eigenvalue weighted by atomic mass is 35.5. The predicted octanol–water partition coefficient (Wildman–Crippen LogP) is 2.68. The molecule has 18 heavy (non-hydrogen) atoms. The molecule has 0 amide bonds. The molecule has 98 valence electrons. The first-order valence-corrected chi connectivity index (χ1v) is 5.28. The van der Waals surface area contributed by atoms with Crippen molar-refractivity contribution in [3.8, 4) is 5.75 Å². The second-order valence-corrected chi connectivity index (χ2v) is 3.75. The molecular formula is C12H15ClN2O3. The maximum atomic E-state index is 8.37. The third-order valence-corrected chi connectivity index (χ3v) is 2.37. The van der Waals surface area contributed by atoms with Gasteiger partial charge in [0.15, 0.2) is 0 Å². The standard InChI is InChI=1S/C12H14N2O3.ClH/c1-8-6-9-7-10(2-3-11(9)17-8)16-5-4-12(13)14-15;/h2-3,6-7,15H,4-5H2,1H3,(H2,13,14);1H. The molecule has 0 bridgehead atoms. The van der Waals surface area contributed by atoms with Gasteiger partial charge in [0.05, 0.1) is 6.61 Å². The summed E-state index contributed by atoms with van der Waals surface area (Å²) < 4.78 is 10.9. The van der Waals surface area contributed by atoms with Crippen LogP contribution < -0.4 is 10.5 Å². The van der Waals surface area contributed by atoms with Crippen LogP contribution in [0.15, 0.2) is 33.8 Å². The van der Waals surface area contributed by atoms with Crippen LogP contribution in [0.4, 0.5) is 0 Å². The third kappa shape index (κ3) is 3.30. The van der Waals surface area contributed by atoms with E-state index in [2.05, 4.69) is 5.16 Å². The number of rotatable bonds is 4. The fraction of sp³-hybridized carbons (Fsp3) is 0.250. The van der Waals surface area contributed by atoms with E-state index >= 15 is 0 Å². The summed E-state index contributed by atoms with van der Waals surface area (Å²) in [5.74, 6) is 1.77. The summed E-state index contributed by atoms with van der Waals surface area (Å²) in [4.78, 5) is 0. The normalized spacial score (nSPS) is 11.3. The van der Waals surface area contributed by atoms with E-state index in [1.807, 2.05) is 31.2 Å². The van der Waals surface area contributed by atoms with Gasteiger partial charge in [0, 0.05) is 11.8 Å². The van der Waals surface area contributed by atoms with Crippen LogP contribution in [0.2, 0.25) is 0 Å².